The van der Waals surface area contributed by atoms with E-state index < -0.39 is 0 Å². The van der Waals surface area contributed by atoms with Gasteiger partial charge in [-0.15, -0.1) is 0 Å². The number of nitrogens with one attached hydrogen (secondary N) is 2. The average molecular weight is 376 g/mol. The molecule has 0 aliphatic carbocycles. The van der Waals surface area contributed by atoms with E-state index in [2.05, 4.69) is 34.6 Å². The highest BCUT2D eigenvalue weighted by molar-refractivity contribution is 6.31. The van der Waals surface area contributed by atoms with Crippen LogP contribution in [0.25, 0.3) is 5.57 Å². The molecule has 1 fully saturated rings. The van der Waals surface area contributed by atoms with Gasteiger partial charge in [-0.2, -0.15) is 0 Å². The van der Waals surface area contributed by atoms with E-state index >= 15 is 0 Å². The third-order valence-corrected chi connectivity index (χ3v) is 5.53. The lowest BCUT2D eigenvalue weighted by Gasteiger charge is -2.33. The van der Waals surface area contributed by atoms with Gasteiger partial charge in [0.05, 0.1) is 5.57 Å². The fourth-order valence-electron chi connectivity index (χ4n) is 3.94. The van der Waals surface area contributed by atoms with Crippen LogP contribution in [0, 0.1) is 12.8 Å². The number of hydrogen-bond acceptors (Lipinski definition) is 4. The summed E-state index contributed by atoms with van der Waals surface area (Å²) < 4.78 is 0. The molecule has 2 aromatic carbocycles. The first-order valence-corrected chi connectivity index (χ1v) is 9.55. The van der Waals surface area contributed by atoms with Crippen molar-refractivity contribution in [2.75, 3.05) is 28.6 Å². The zero-order valence-corrected chi connectivity index (χ0v) is 15.9. The molecule has 1 saturated heterocycles. The van der Waals surface area contributed by atoms with Crippen molar-refractivity contribution in [1.82, 2.24) is 0 Å². The van der Waals surface area contributed by atoms with Gasteiger partial charge in [0.2, 0.25) is 5.91 Å². The number of rotatable bonds is 4. The number of amides is 2. The fourth-order valence-corrected chi connectivity index (χ4v) is 3.94. The summed E-state index contributed by atoms with van der Waals surface area (Å²) in [6.45, 7) is 3.75. The Morgan fingerprint density at radius 1 is 1.21 bits per heavy atom. The van der Waals surface area contributed by atoms with Crippen molar-refractivity contribution >= 4 is 34.4 Å². The summed E-state index contributed by atoms with van der Waals surface area (Å²) in [5.41, 5.74) is 11.1. The monoisotopic (exact) mass is 376 g/mol. The molecular formula is C22H24N4O2. The molecule has 0 aromatic heterocycles. The van der Waals surface area contributed by atoms with Gasteiger partial charge in [0.1, 0.15) is 0 Å². The van der Waals surface area contributed by atoms with E-state index in [9.17, 15) is 9.59 Å². The second kappa shape index (κ2) is 7.38. The van der Waals surface area contributed by atoms with Gasteiger partial charge < -0.3 is 21.3 Å². The van der Waals surface area contributed by atoms with E-state index in [1.165, 1.54) is 5.69 Å². The predicted octanol–water partition coefficient (Wildman–Crippen LogP) is 3.10. The molecule has 0 atom stereocenters. The Labute approximate surface area is 164 Å². The van der Waals surface area contributed by atoms with E-state index in [0.29, 0.717) is 5.57 Å². The maximum Gasteiger partial charge on any atom is 0.257 e. The van der Waals surface area contributed by atoms with Crippen molar-refractivity contribution in [2.24, 2.45) is 11.7 Å². The Hall–Kier alpha value is -3.28. The Morgan fingerprint density at radius 3 is 2.68 bits per heavy atom. The van der Waals surface area contributed by atoms with Crippen LogP contribution < -0.4 is 21.3 Å². The summed E-state index contributed by atoms with van der Waals surface area (Å²) in [4.78, 5) is 25.9. The van der Waals surface area contributed by atoms with Crippen LogP contribution in [0.15, 0.2) is 48.7 Å². The number of piperidine rings is 1. The number of fused-ring (bicyclic) bond motifs is 1. The first-order valence-electron chi connectivity index (χ1n) is 9.55. The topological polar surface area (TPSA) is 87.5 Å². The molecule has 2 amide bonds. The Kier molecular flexibility index (Phi) is 4.77. The third-order valence-electron chi connectivity index (χ3n) is 5.53. The largest absolute Gasteiger partial charge is 0.371 e. The van der Waals surface area contributed by atoms with Crippen molar-refractivity contribution in [1.29, 1.82) is 0 Å². The smallest absolute Gasteiger partial charge is 0.257 e. The molecule has 2 aromatic rings. The van der Waals surface area contributed by atoms with Gasteiger partial charge in [-0.25, -0.2) is 0 Å². The fraction of sp³-hybridized carbons (Fsp3) is 0.273. The van der Waals surface area contributed by atoms with Gasteiger partial charge in [0.25, 0.3) is 5.91 Å². The van der Waals surface area contributed by atoms with Crippen molar-refractivity contribution < 1.29 is 9.59 Å². The molecule has 6 nitrogen and oxygen atoms in total. The quantitative estimate of drug-likeness (QED) is 0.716. The van der Waals surface area contributed by atoms with E-state index in [-0.39, 0.29) is 17.7 Å². The number of carbonyl (C=O) groups is 2. The van der Waals surface area contributed by atoms with Crippen LogP contribution in [0.5, 0.6) is 0 Å². The number of nitrogens with zero attached hydrogens (tertiary/aromatic N) is 1. The molecule has 0 bridgehead atoms. The summed E-state index contributed by atoms with van der Waals surface area (Å²) in [6.07, 6.45) is 3.36. The second-order valence-corrected chi connectivity index (χ2v) is 7.37. The molecule has 2 aliphatic heterocycles. The SMILES string of the molecule is Cc1cc(N/C=C2\C(=O)Nc3ccccc32)ccc1N1CCC(C(N)=O)CC1. The first-order chi connectivity index (χ1) is 13.5. The van der Waals surface area contributed by atoms with Gasteiger partial charge in [-0.1, -0.05) is 18.2 Å². The molecule has 4 N–H and O–H groups in total. The second-order valence-electron chi connectivity index (χ2n) is 7.37. The minimum absolute atomic E-state index is 0.00967. The zero-order valence-electron chi connectivity index (χ0n) is 15.9. The van der Waals surface area contributed by atoms with Crippen LogP contribution in [-0.4, -0.2) is 24.9 Å². The molecule has 2 heterocycles. The van der Waals surface area contributed by atoms with Crippen LogP contribution in [0.3, 0.4) is 0 Å². The van der Waals surface area contributed by atoms with E-state index in [4.69, 9.17) is 5.73 Å². The third kappa shape index (κ3) is 3.45. The Balaban J connectivity index is 1.47. The number of hydrogen-bond donors (Lipinski definition) is 3. The molecule has 0 unspecified atom stereocenters. The molecule has 2 aliphatic rings. The van der Waals surface area contributed by atoms with Crippen molar-refractivity contribution in [3.05, 3.63) is 59.8 Å². The van der Waals surface area contributed by atoms with E-state index in [1.54, 1.807) is 6.20 Å². The number of carbonyl (C=O) groups excluding carboxylic acids is 2. The number of benzene rings is 2. The lowest BCUT2D eigenvalue weighted by molar-refractivity contribution is -0.122. The lowest BCUT2D eigenvalue weighted by atomic mass is 9.95. The molecule has 6 heteroatoms. The van der Waals surface area contributed by atoms with Crippen LogP contribution in [0.4, 0.5) is 17.1 Å². The number of para-hydroxylation sites is 1. The summed E-state index contributed by atoms with van der Waals surface area (Å²) in [5.74, 6) is -0.301. The van der Waals surface area contributed by atoms with Crippen LogP contribution in [0.1, 0.15) is 24.0 Å². The van der Waals surface area contributed by atoms with Crippen molar-refractivity contribution in [3.8, 4) is 0 Å². The summed E-state index contributed by atoms with van der Waals surface area (Å²) in [5, 5.41) is 6.12. The van der Waals surface area contributed by atoms with Crippen LogP contribution in [0.2, 0.25) is 0 Å². The molecular weight excluding hydrogens is 352 g/mol. The Morgan fingerprint density at radius 2 is 1.96 bits per heavy atom. The highest BCUT2D eigenvalue weighted by Gasteiger charge is 2.24. The van der Waals surface area contributed by atoms with Gasteiger partial charge >= 0.3 is 0 Å². The first kappa shape index (κ1) is 18.1. The zero-order chi connectivity index (χ0) is 19.7. The number of aryl methyl sites for hydroxylation is 1. The molecule has 28 heavy (non-hydrogen) atoms. The number of primary amides is 1. The van der Waals surface area contributed by atoms with Gasteiger partial charge in [0, 0.05) is 47.8 Å². The Bertz CT molecular complexity index is 959. The molecule has 0 saturated carbocycles. The number of nitrogens with two attached hydrogens (primary N) is 1. The van der Waals surface area contributed by atoms with E-state index in [0.717, 1.165) is 48.4 Å². The minimum atomic E-state index is -0.193. The van der Waals surface area contributed by atoms with Crippen LogP contribution >= 0.6 is 0 Å². The van der Waals surface area contributed by atoms with E-state index in [1.807, 2.05) is 30.3 Å². The average Bonchev–Trinajstić information content (AvgIpc) is 3.01. The summed E-state index contributed by atoms with van der Waals surface area (Å²) in [6, 6.07) is 13.8. The molecule has 4 rings (SSSR count). The number of anilines is 3. The maximum atomic E-state index is 12.2. The highest BCUT2D eigenvalue weighted by atomic mass is 16.2. The van der Waals surface area contributed by atoms with Gasteiger partial charge in [-0.3, -0.25) is 9.59 Å². The standard InChI is InChI=1S/C22H24N4O2/c1-14-12-16(6-7-20(14)26-10-8-15(9-11-26)21(23)27)24-13-18-17-4-2-3-5-19(17)25-22(18)28/h2-7,12-13,15,24H,8-11H2,1H3,(H2,23,27)(H,25,28)/b18-13-. The van der Waals surface area contributed by atoms with Crippen LogP contribution in [-0.2, 0) is 9.59 Å². The molecule has 0 spiro atoms. The van der Waals surface area contributed by atoms with Crippen molar-refractivity contribution in [3.63, 3.8) is 0 Å². The molecule has 0 radical (unpaired) electrons. The van der Waals surface area contributed by atoms with Gasteiger partial charge in [-0.05, 0) is 49.6 Å². The predicted molar refractivity (Wildman–Crippen MR) is 112 cm³/mol. The lowest BCUT2D eigenvalue weighted by Crippen LogP contribution is -2.38. The maximum absolute atomic E-state index is 12.2. The summed E-state index contributed by atoms with van der Waals surface area (Å²) in [7, 11) is 0. The summed E-state index contributed by atoms with van der Waals surface area (Å²) >= 11 is 0. The highest BCUT2D eigenvalue weighted by Crippen LogP contribution is 2.32. The minimum Gasteiger partial charge on any atom is -0.371 e. The normalized spacial score (nSPS) is 18.1. The van der Waals surface area contributed by atoms with Crippen molar-refractivity contribution in [2.45, 2.75) is 19.8 Å². The molecule has 144 valence electrons. The van der Waals surface area contributed by atoms with Gasteiger partial charge in [0.15, 0.2) is 0 Å².